The van der Waals surface area contributed by atoms with E-state index >= 15 is 0 Å². The van der Waals surface area contributed by atoms with Crippen molar-refractivity contribution < 1.29 is 14.1 Å². The van der Waals surface area contributed by atoms with Gasteiger partial charge >= 0.3 is 0 Å². The summed E-state index contributed by atoms with van der Waals surface area (Å²) in [5.74, 6) is -0.878. The minimum atomic E-state index is -0.624. The standard InChI is InChI=1S/C14H12FN3O3/c1-8-6-10(15)3-4-12(8)17-14(19)9-2-5-13(18(20)21)11(16)7-9/h2-7H,16H2,1H3,(H,17,19). The van der Waals surface area contributed by atoms with Crippen LogP contribution in [0.2, 0.25) is 0 Å². The van der Waals surface area contributed by atoms with Crippen molar-refractivity contribution in [3.8, 4) is 0 Å². The second-order valence-corrected chi connectivity index (χ2v) is 4.44. The molecule has 6 nitrogen and oxygen atoms in total. The Morgan fingerprint density at radius 2 is 2.00 bits per heavy atom. The third-order valence-corrected chi connectivity index (χ3v) is 2.92. The SMILES string of the molecule is Cc1cc(F)ccc1NC(=O)c1ccc([N+](=O)[O-])c(N)c1. The number of benzene rings is 2. The minimum Gasteiger partial charge on any atom is -0.393 e. The Hall–Kier alpha value is -2.96. The number of anilines is 2. The highest BCUT2D eigenvalue weighted by atomic mass is 19.1. The molecule has 0 fully saturated rings. The van der Waals surface area contributed by atoms with E-state index in [1.165, 1.54) is 36.4 Å². The average molecular weight is 289 g/mol. The number of amides is 1. The molecule has 0 spiro atoms. The molecule has 0 saturated heterocycles. The van der Waals surface area contributed by atoms with E-state index in [1.807, 2.05) is 0 Å². The Labute approximate surface area is 119 Å². The number of nitrogens with two attached hydrogens (primary N) is 1. The fourth-order valence-corrected chi connectivity index (χ4v) is 1.82. The highest BCUT2D eigenvalue weighted by Gasteiger charge is 2.15. The van der Waals surface area contributed by atoms with Crippen LogP contribution in [0, 0.1) is 22.9 Å². The first-order valence-corrected chi connectivity index (χ1v) is 6.00. The van der Waals surface area contributed by atoms with Crippen molar-refractivity contribution in [2.45, 2.75) is 6.92 Å². The number of carbonyl (C=O) groups excluding carboxylic acids is 1. The third kappa shape index (κ3) is 3.14. The van der Waals surface area contributed by atoms with Gasteiger partial charge in [-0.2, -0.15) is 0 Å². The van der Waals surface area contributed by atoms with Crippen molar-refractivity contribution in [2.75, 3.05) is 11.1 Å². The van der Waals surface area contributed by atoms with Crippen LogP contribution in [0.5, 0.6) is 0 Å². The predicted octanol–water partition coefficient (Wildman–Crippen LogP) is 2.88. The number of carbonyl (C=O) groups is 1. The second-order valence-electron chi connectivity index (χ2n) is 4.44. The molecule has 2 rings (SSSR count). The van der Waals surface area contributed by atoms with Crippen molar-refractivity contribution in [3.05, 3.63) is 63.5 Å². The molecule has 108 valence electrons. The van der Waals surface area contributed by atoms with E-state index in [4.69, 9.17) is 5.73 Å². The van der Waals surface area contributed by atoms with Crippen molar-refractivity contribution in [1.82, 2.24) is 0 Å². The molecule has 0 aromatic heterocycles. The molecule has 2 aromatic rings. The van der Waals surface area contributed by atoms with E-state index in [0.29, 0.717) is 11.3 Å². The predicted molar refractivity (Wildman–Crippen MR) is 76.6 cm³/mol. The van der Waals surface area contributed by atoms with Gasteiger partial charge in [-0.3, -0.25) is 14.9 Å². The Kier molecular flexibility index (Phi) is 3.84. The first-order chi connectivity index (χ1) is 9.88. The number of hydrogen-bond donors (Lipinski definition) is 2. The molecule has 0 heterocycles. The van der Waals surface area contributed by atoms with Gasteiger partial charge in [-0.25, -0.2) is 4.39 Å². The van der Waals surface area contributed by atoms with E-state index < -0.39 is 16.6 Å². The van der Waals surface area contributed by atoms with E-state index in [2.05, 4.69) is 5.32 Å². The van der Waals surface area contributed by atoms with Crippen molar-refractivity contribution >= 4 is 23.0 Å². The lowest BCUT2D eigenvalue weighted by Crippen LogP contribution is -2.13. The maximum Gasteiger partial charge on any atom is 0.292 e. The Morgan fingerprint density at radius 3 is 2.57 bits per heavy atom. The fraction of sp³-hybridized carbons (Fsp3) is 0.0714. The zero-order valence-corrected chi connectivity index (χ0v) is 11.1. The summed E-state index contributed by atoms with van der Waals surface area (Å²) < 4.78 is 13.0. The summed E-state index contributed by atoms with van der Waals surface area (Å²) in [5, 5.41) is 13.3. The molecule has 0 bridgehead atoms. The quantitative estimate of drug-likeness (QED) is 0.515. The van der Waals surface area contributed by atoms with E-state index in [-0.39, 0.29) is 16.9 Å². The molecule has 0 aliphatic rings. The van der Waals surface area contributed by atoms with Crippen molar-refractivity contribution in [2.24, 2.45) is 0 Å². The maximum absolute atomic E-state index is 13.0. The van der Waals surface area contributed by atoms with Gasteiger partial charge in [0.15, 0.2) is 0 Å². The Balaban J connectivity index is 2.24. The van der Waals surface area contributed by atoms with Gasteiger partial charge in [0.25, 0.3) is 11.6 Å². The van der Waals surface area contributed by atoms with Crippen LogP contribution in [-0.4, -0.2) is 10.8 Å². The van der Waals surface area contributed by atoms with E-state index in [0.717, 1.165) is 0 Å². The highest BCUT2D eigenvalue weighted by Crippen LogP contribution is 2.23. The lowest BCUT2D eigenvalue weighted by atomic mass is 10.1. The molecule has 3 N–H and O–H groups in total. The van der Waals surface area contributed by atoms with Crippen LogP contribution in [0.25, 0.3) is 0 Å². The lowest BCUT2D eigenvalue weighted by Gasteiger charge is -2.09. The number of nitro groups is 1. The second kappa shape index (κ2) is 5.58. The van der Waals surface area contributed by atoms with Crippen LogP contribution >= 0.6 is 0 Å². The topological polar surface area (TPSA) is 98.3 Å². The first-order valence-electron chi connectivity index (χ1n) is 6.00. The molecule has 2 aromatic carbocycles. The molecule has 0 atom stereocenters. The van der Waals surface area contributed by atoms with Gasteiger partial charge in [-0.05, 0) is 42.8 Å². The molecule has 21 heavy (non-hydrogen) atoms. The maximum atomic E-state index is 13.0. The number of nitrogen functional groups attached to an aromatic ring is 1. The van der Waals surface area contributed by atoms with Gasteiger partial charge in [-0.1, -0.05) is 0 Å². The summed E-state index contributed by atoms with van der Waals surface area (Å²) in [6.07, 6.45) is 0. The number of nitrogens with one attached hydrogen (secondary N) is 1. The van der Waals surface area contributed by atoms with E-state index in [9.17, 15) is 19.3 Å². The van der Waals surface area contributed by atoms with Gasteiger partial charge in [0.2, 0.25) is 0 Å². The van der Waals surface area contributed by atoms with Crippen LogP contribution in [0.4, 0.5) is 21.5 Å². The summed E-state index contributed by atoms with van der Waals surface area (Å²) >= 11 is 0. The lowest BCUT2D eigenvalue weighted by molar-refractivity contribution is -0.383. The monoisotopic (exact) mass is 289 g/mol. The summed E-state index contributed by atoms with van der Waals surface area (Å²) in [4.78, 5) is 22.1. The molecule has 7 heteroatoms. The smallest absolute Gasteiger partial charge is 0.292 e. The van der Waals surface area contributed by atoms with Crippen molar-refractivity contribution in [1.29, 1.82) is 0 Å². The number of nitro benzene ring substituents is 1. The first kappa shape index (κ1) is 14.4. The molecule has 0 radical (unpaired) electrons. The zero-order chi connectivity index (χ0) is 15.6. The molecule has 0 saturated carbocycles. The van der Waals surface area contributed by atoms with Gasteiger partial charge in [0.1, 0.15) is 11.5 Å². The molecule has 1 amide bonds. The highest BCUT2D eigenvalue weighted by molar-refractivity contribution is 6.05. The number of halogens is 1. The normalized spacial score (nSPS) is 10.2. The van der Waals surface area contributed by atoms with Crippen LogP contribution in [0.3, 0.4) is 0 Å². The van der Waals surface area contributed by atoms with Crippen LogP contribution in [0.15, 0.2) is 36.4 Å². The molecular formula is C14H12FN3O3. The fourth-order valence-electron chi connectivity index (χ4n) is 1.82. The zero-order valence-electron chi connectivity index (χ0n) is 11.1. The van der Waals surface area contributed by atoms with Crippen LogP contribution in [-0.2, 0) is 0 Å². The van der Waals surface area contributed by atoms with Gasteiger partial charge < -0.3 is 11.1 Å². The van der Waals surface area contributed by atoms with Gasteiger partial charge in [0, 0.05) is 17.3 Å². The Bertz CT molecular complexity index is 731. The third-order valence-electron chi connectivity index (χ3n) is 2.92. The van der Waals surface area contributed by atoms with Gasteiger partial charge in [0.05, 0.1) is 4.92 Å². The molecule has 0 unspecified atom stereocenters. The average Bonchev–Trinajstić information content (AvgIpc) is 2.41. The van der Waals surface area contributed by atoms with E-state index in [1.54, 1.807) is 6.92 Å². The van der Waals surface area contributed by atoms with Crippen LogP contribution in [0.1, 0.15) is 15.9 Å². The minimum absolute atomic E-state index is 0.0940. The summed E-state index contributed by atoms with van der Waals surface area (Å²) in [6, 6.07) is 7.67. The van der Waals surface area contributed by atoms with Gasteiger partial charge in [-0.15, -0.1) is 0 Å². The largest absolute Gasteiger partial charge is 0.393 e. The number of rotatable bonds is 3. The summed E-state index contributed by atoms with van der Waals surface area (Å²) in [7, 11) is 0. The van der Waals surface area contributed by atoms with Crippen molar-refractivity contribution in [3.63, 3.8) is 0 Å². The van der Waals surface area contributed by atoms with Crippen LogP contribution < -0.4 is 11.1 Å². The number of hydrogen-bond acceptors (Lipinski definition) is 4. The number of aryl methyl sites for hydroxylation is 1. The molecule has 0 aliphatic carbocycles. The number of nitrogens with zero attached hydrogens (tertiary/aromatic N) is 1. The summed E-state index contributed by atoms with van der Waals surface area (Å²) in [6.45, 7) is 1.66. The molecular weight excluding hydrogens is 277 g/mol. The molecule has 0 aliphatic heterocycles. The Morgan fingerprint density at radius 1 is 1.29 bits per heavy atom. The summed E-state index contributed by atoms with van der Waals surface area (Å²) in [5.41, 5.74) is 6.39.